The summed E-state index contributed by atoms with van der Waals surface area (Å²) >= 11 is 0. The molecule has 0 saturated heterocycles. The van der Waals surface area contributed by atoms with Crippen molar-refractivity contribution in [2.45, 2.75) is 17.4 Å². The number of hydrogen-bond acceptors (Lipinski definition) is 4. The molecule has 16 heavy (non-hydrogen) atoms. The van der Waals surface area contributed by atoms with E-state index < -0.39 is 21.7 Å². The molecule has 4 nitrogen and oxygen atoms in total. The molecule has 2 rings (SSSR count). The molecule has 0 spiro atoms. The Morgan fingerprint density at radius 2 is 1.81 bits per heavy atom. The molecule has 0 amide bonds. The molecule has 1 atom stereocenters. The second-order valence-corrected chi connectivity index (χ2v) is 5.46. The molecule has 1 aromatic carbocycles. The molecule has 0 aromatic heterocycles. The fourth-order valence-corrected chi connectivity index (χ4v) is 3.07. The van der Waals surface area contributed by atoms with Gasteiger partial charge in [-0.1, -0.05) is 18.2 Å². The highest BCUT2D eigenvalue weighted by Gasteiger charge is 2.32. The molecular formula is C11H10O4S. The number of sulfone groups is 1. The third-order valence-electron chi connectivity index (χ3n) is 2.36. The lowest BCUT2D eigenvalue weighted by Crippen LogP contribution is -2.10. The van der Waals surface area contributed by atoms with E-state index in [-0.39, 0.29) is 16.2 Å². The molecule has 1 aliphatic rings. The molecule has 0 bridgehead atoms. The number of allylic oxidation sites excluding steroid dienone is 1. The number of rotatable bonds is 2. The van der Waals surface area contributed by atoms with Crippen LogP contribution in [0.5, 0.6) is 0 Å². The zero-order chi connectivity index (χ0) is 11.8. The fraction of sp³-hybridized carbons (Fsp3) is 0.182. The van der Waals surface area contributed by atoms with Gasteiger partial charge in [0.05, 0.1) is 11.0 Å². The average molecular weight is 238 g/mol. The molecule has 0 aliphatic heterocycles. The van der Waals surface area contributed by atoms with Crippen LogP contribution in [-0.4, -0.2) is 25.4 Å². The molecule has 5 heteroatoms. The lowest BCUT2D eigenvalue weighted by Gasteiger charge is -2.02. The monoisotopic (exact) mass is 238 g/mol. The summed E-state index contributed by atoms with van der Waals surface area (Å²) in [6.45, 7) is 0. The average Bonchev–Trinajstić information content (AvgIpc) is 2.60. The maximum Gasteiger partial charge on any atom is 0.209 e. The Morgan fingerprint density at radius 3 is 2.31 bits per heavy atom. The van der Waals surface area contributed by atoms with Gasteiger partial charge in [0, 0.05) is 6.42 Å². The highest BCUT2D eigenvalue weighted by Crippen LogP contribution is 2.26. The van der Waals surface area contributed by atoms with Crippen molar-refractivity contribution in [3.8, 4) is 0 Å². The van der Waals surface area contributed by atoms with E-state index in [9.17, 15) is 18.3 Å². The summed E-state index contributed by atoms with van der Waals surface area (Å²) < 4.78 is 24.0. The number of ketones is 1. The van der Waals surface area contributed by atoms with Crippen molar-refractivity contribution < 1.29 is 18.3 Å². The van der Waals surface area contributed by atoms with E-state index in [1.165, 1.54) is 12.1 Å². The number of carbonyl (C=O) groups is 1. The number of aliphatic hydroxyl groups excluding tert-OH is 1. The number of Topliss-reactive ketones (excluding diaryl/α,β-unsaturated/α-hetero) is 1. The quantitative estimate of drug-likeness (QED) is 0.822. The molecule has 0 heterocycles. The van der Waals surface area contributed by atoms with Gasteiger partial charge in [-0.2, -0.15) is 0 Å². The predicted octanol–water partition coefficient (Wildman–Crippen LogP) is 0.678. The third kappa shape index (κ3) is 1.79. The van der Waals surface area contributed by atoms with Gasteiger partial charge in [0.2, 0.25) is 9.84 Å². The van der Waals surface area contributed by atoms with Crippen molar-refractivity contribution in [2.75, 3.05) is 0 Å². The standard InChI is InChI=1S/C11H10O4S/c12-8-6-10(13)11(7-8)16(14,15)9-4-2-1-3-5-9/h1-5,7-8,12H,6H2/t8-/m1/s1. The molecule has 0 unspecified atom stereocenters. The minimum atomic E-state index is -3.77. The Kier molecular flexibility index (Phi) is 2.65. The second kappa shape index (κ2) is 3.84. The molecule has 1 N–H and O–H groups in total. The van der Waals surface area contributed by atoms with Crippen molar-refractivity contribution in [3.05, 3.63) is 41.3 Å². The van der Waals surface area contributed by atoms with Crippen molar-refractivity contribution in [2.24, 2.45) is 0 Å². The van der Waals surface area contributed by atoms with Gasteiger partial charge in [-0.15, -0.1) is 0 Å². The second-order valence-electron chi connectivity index (χ2n) is 3.54. The van der Waals surface area contributed by atoms with E-state index in [1.54, 1.807) is 18.2 Å². The lowest BCUT2D eigenvalue weighted by molar-refractivity contribution is -0.115. The van der Waals surface area contributed by atoms with Gasteiger partial charge in [0.25, 0.3) is 0 Å². The maximum atomic E-state index is 12.0. The smallest absolute Gasteiger partial charge is 0.209 e. The highest BCUT2D eigenvalue weighted by atomic mass is 32.2. The normalized spacial score (nSPS) is 20.9. The summed E-state index contributed by atoms with van der Waals surface area (Å²) in [6, 6.07) is 7.72. The van der Waals surface area contributed by atoms with Gasteiger partial charge in [-0.3, -0.25) is 4.79 Å². The lowest BCUT2D eigenvalue weighted by atomic mass is 10.3. The molecule has 0 saturated carbocycles. The maximum absolute atomic E-state index is 12.0. The van der Waals surface area contributed by atoms with Crippen molar-refractivity contribution in [1.82, 2.24) is 0 Å². The fourth-order valence-electron chi connectivity index (χ4n) is 1.58. The van der Waals surface area contributed by atoms with Crippen molar-refractivity contribution in [1.29, 1.82) is 0 Å². The Balaban J connectivity index is 2.49. The summed E-state index contributed by atoms with van der Waals surface area (Å²) in [5.41, 5.74) is 0. The molecule has 1 aliphatic carbocycles. The zero-order valence-electron chi connectivity index (χ0n) is 8.33. The number of benzene rings is 1. The van der Waals surface area contributed by atoms with Crippen LogP contribution >= 0.6 is 0 Å². The van der Waals surface area contributed by atoms with Crippen LogP contribution in [0.25, 0.3) is 0 Å². The van der Waals surface area contributed by atoms with Gasteiger partial charge in [0.1, 0.15) is 4.91 Å². The van der Waals surface area contributed by atoms with Crippen LogP contribution in [0.15, 0.2) is 46.2 Å². The van der Waals surface area contributed by atoms with E-state index in [2.05, 4.69) is 0 Å². The molecule has 0 radical (unpaired) electrons. The number of carbonyl (C=O) groups excluding carboxylic acids is 1. The van der Waals surface area contributed by atoms with Gasteiger partial charge in [-0.05, 0) is 18.2 Å². The topological polar surface area (TPSA) is 71.4 Å². The summed E-state index contributed by atoms with van der Waals surface area (Å²) in [4.78, 5) is 11.2. The Morgan fingerprint density at radius 1 is 1.19 bits per heavy atom. The van der Waals surface area contributed by atoms with Gasteiger partial charge >= 0.3 is 0 Å². The van der Waals surface area contributed by atoms with Gasteiger partial charge in [0.15, 0.2) is 5.78 Å². The third-order valence-corrected chi connectivity index (χ3v) is 4.19. The van der Waals surface area contributed by atoms with Crippen LogP contribution in [0.4, 0.5) is 0 Å². The zero-order valence-corrected chi connectivity index (χ0v) is 9.15. The molecule has 84 valence electrons. The van der Waals surface area contributed by atoms with Crippen LogP contribution in [0.1, 0.15) is 6.42 Å². The predicted molar refractivity (Wildman–Crippen MR) is 57.3 cm³/mol. The summed E-state index contributed by atoms with van der Waals surface area (Å²) in [5.74, 6) is -0.531. The van der Waals surface area contributed by atoms with E-state index in [1.807, 2.05) is 0 Å². The number of aliphatic hydroxyl groups is 1. The van der Waals surface area contributed by atoms with Gasteiger partial charge < -0.3 is 5.11 Å². The SMILES string of the molecule is O=C1C[C@@H](O)C=C1S(=O)(=O)c1ccccc1. The van der Waals surface area contributed by atoms with E-state index in [4.69, 9.17) is 0 Å². The van der Waals surface area contributed by atoms with Crippen LogP contribution in [-0.2, 0) is 14.6 Å². The Hall–Kier alpha value is -1.46. The van der Waals surface area contributed by atoms with Crippen LogP contribution in [0, 0.1) is 0 Å². The Labute approximate surface area is 93.1 Å². The van der Waals surface area contributed by atoms with Crippen LogP contribution < -0.4 is 0 Å². The first-order valence-electron chi connectivity index (χ1n) is 4.75. The van der Waals surface area contributed by atoms with E-state index in [0.29, 0.717) is 0 Å². The van der Waals surface area contributed by atoms with Crippen molar-refractivity contribution in [3.63, 3.8) is 0 Å². The van der Waals surface area contributed by atoms with Crippen molar-refractivity contribution >= 4 is 15.6 Å². The van der Waals surface area contributed by atoms with Crippen LogP contribution in [0.3, 0.4) is 0 Å². The van der Waals surface area contributed by atoms with E-state index in [0.717, 1.165) is 6.08 Å². The highest BCUT2D eigenvalue weighted by molar-refractivity contribution is 7.96. The Bertz CT molecular complexity index is 543. The largest absolute Gasteiger partial charge is 0.389 e. The first-order valence-corrected chi connectivity index (χ1v) is 6.23. The number of hydrogen-bond donors (Lipinski definition) is 1. The van der Waals surface area contributed by atoms with Gasteiger partial charge in [-0.25, -0.2) is 8.42 Å². The summed E-state index contributed by atoms with van der Waals surface area (Å²) in [5, 5.41) is 9.22. The first-order chi connectivity index (χ1) is 7.51. The minimum absolute atomic E-state index is 0.0729. The molecular weight excluding hydrogens is 228 g/mol. The van der Waals surface area contributed by atoms with E-state index >= 15 is 0 Å². The summed E-state index contributed by atoms with van der Waals surface area (Å²) in [6.07, 6.45) is -0.0347. The molecule has 0 fully saturated rings. The van der Waals surface area contributed by atoms with Crippen LogP contribution in [0.2, 0.25) is 0 Å². The molecule has 1 aromatic rings. The summed E-state index contributed by atoms with van der Waals surface area (Å²) in [7, 11) is -3.77. The first kappa shape index (κ1) is 11.0. The minimum Gasteiger partial charge on any atom is -0.389 e.